The van der Waals surface area contributed by atoms with Crippen molar-refractivity contribution < 1.29 is 0 Å². The molecule has 1 atom stereocenters. The number of hydrogen-bond acceptors (Lipinski definition) is 3. The molecule has 1 unspecified atom stereocenters. The highest BCUT2D eigenvalue weighted by Gasteiger charge is 2.13. The topological polar surface area (TPSA) is 29.9 Å². The van der Waals surface area contributed by atoms with Crippen molar-refractivity contribution in [3.05, 3.63) is 11.9 Å². The van der Waals surface area contributed by atoms with E-state index in [1.54, 1.807) is 0 Å². The highest BCUT2D eigenvalue weighted by Crippen LogP contribution is 2.22. The Balaban J connectivity index is 2.74. The molecule has 0 saturated heterocycles. The van der Waals surface area contributed by atoms with Crippen LogP contribution in [0.15, 0.2) is 6.20 Å². The maximum atomic E-state index is 4.58. The first-order valence-electron chi connectivity index (χ1n) is 6.51. The van der Waals surface area contributed by atoms with Crippen molar-refractivity contribution in [2.45, 2.75) is 46.1 Å². The smallest absolute Gasteiger partial charge is 0.203 e. The largest absolute Gasteiger partial charge is 0.356 e. The van der Waals surface area contributed by atoms with Crippen LogP contribution in [0.1, 0.15) is 44.8 Å². The molecule has 1 aromatic rings. The lowest BCUT2D eigenvalue weighted by molar-refractivity contribution is 0.543. The van der Waals surface area contributed by atoms with Crippen molar-refractivity contribution in [3.63, 3.8) is 0 Å². The normalized spacial score (nSPS) is 12.7. The zero-order chi connectivity index (χ0) is 12.7. The van der Waals surface area contributed by atoms with E-state index in [4.69, 9.17) is 0 Å². The second kappa shape index (κ2) is 7.64. The second-order valence-corrected chi connectivity index (χ2v) is 5.32. The molecule has 98 valence electrons. The minimum atomic E-state index is 0.551. The van der Waals surface area contributed by atoms with Crippen LogP contribution in [0.5, 0.6) is 0 Å². The maximum absolute atomic E-state index is 4.58. The Kier molecular flexibility index (Phi) is 6.48. The van der Waals surface area contributed by atoms with Gasteiger partial charge in [-0.3, -0.25) is 0 Å². The van der Waals surface area contributed by atoms with E-state index in [-0.39, 0.29) is 0 Å². The number of imidazole rings is 1. The molecule has 0 aromatic carbocycles. The Morgan fingerprint density at radius 3 is 2.82 bits per heavy atom. The molecule has 0 spiro atoms. The van der Waals surface area contributed by atoms with Gasteiger partial charge >= 0.3 is 0 Å². The zero-order valence-electron chi connectivity index (χ0n) is 11.5. The average molecular weight is 255 g/mol. The van der Waals surface area contributed by atoms with E-state index < -0.39 is 0 Å². The van der Waals surface area contributed by atoms with Crippen LogP contribution in [0, 0.1) is 6.92 Å². The number of nitrogens with zero attached hydrogens (tertiary/aromatic N) is 2. The van der Waals surface area contributed by atoms with E-state index in [0.717, 1.165) is 30.4 Å². The standard InChI is InChI=1S/C13H25N3S/c1-5-7-8-14-13-15-11(3)9-16(13)12(6-2)10-17-4/h9,12H,5-8,10H2,1-4H3,(H,14,15). The van der Waals surface area contributed by atoms with Gasteiger partial charge in [0.2, 0.25) is 5.95 Å². The molecule has 0 bridgehead atoms. The van der Waals surface area contributed by atoms with Crippen LogP contribution in [-0.4, -0.2) is 28.1 Å². The third kappa shape index (κ3) is 4.26. The second-order valence-electron chi connectivity index (χ2n) is 4.41. The maximum Gasteiger partial charge on any atom is 0.203 e. The zero-order valence-corrected chi connectivity index (χ0v) is 12.3. The fourth-order valence-corrected chi connectivity index (χ4v) is 2.67. The number of thioether (sulfide) groups is 1. The van der Waals surface area contributed by atoms with Gasteiger partial charge < -0.3 is 9.88 Å². The molecule has 0 radical (unpaired) electrons. The summed E-state index contributed by atoms with van der Waals surface area (Å²) in [7, 11) is 0. The van der Waals surface area contributed by atoms with Gasteiger partial charge in [0.25, 0.3) is 0 Å². The number of unbranched alkanes of at least 4 members (excludes halogenated alkanes) is 1. The predicted molar refractivity (Wildman–Crippen MR) is 78.1 cm³/mol. The molecule has 1 heterocycles. The van der Waals surface area contributed by atoms with Gasteiger partial charge in [0.15, 0.2) is 0 Å². The van der Waals surface area contributed by atoms with Crippen molar-refractivity contribution >= 4 is 17.7 Å². The van der Waals surface area contributed by atoms with Crippen molar-refractivity contribution in [2.24, 2.45) is 0 Å². The summed E-state index contributed by atoms with van der Waals surface area (Å²) in [6.45, 7) is 7.53. The molecule has 0 fully saturated rings. The molecular formula is C13H25N3S. The highest BCUT2D eigenvalue weighted by molar-refractivity contribution is 7.98. The third-order valence-electron chi connectivity index (χ3n) is 2.89. The highest BCUT2D eigenvalue weighted by atomic mass is 32.2. The lowest BCUT2D eigenvalue weighted by atomic mass is 10.2. The van der Waals surface area contributed by atoms with E-state index >= 15 is 0 Å². The van der Waals surface area contributed by atoms with Crippen LogP contribution in [0.4, 0.5) is 5.95 Å². The summed E-state index contributed by atoms with van der Waals surface area (Å²) < 4.78 is 2.31. The number of hydrogen-bond donors (Lipinski definition) is 1. The lowest BCUT2D eigenvalue weighted by Gasteiger charge is -2.18. The summed E-state index contributed by atoms with van der Waals surface area (Å²) in [5.41, 5.74) is 1.10. The predicted octanol–water partition coefficient (Wildman–Crippen LogP) is 3.72. The van der Waals surface area contributed by atoms with Gasteiger partial charge in [-0.15, -0.1) is 0 Å². The van der Waals surface area contributed by atoms with Gasteiger partial charge in [-0.25, -0.2) is 4.98 Å². The van der Waals surface area contributed by atoms with E-state index in [2.05, 4.69) is 48.1 Å². The minimum Gasteiger partial charge on any atom is -0.356 e. The Hall–Kier alpha value is -0.640. The van der Waals surface area contributed by atoms with Crippen LogP contribution < -0.4 is 5.32 Å². The number of nitrogens with one attached hydrogen (secondary N) is 1. The van der Waals surface area contributed by atoms with Crippen molar-refractivity contribution in [2.75, 3.05) is 23.9 Å². The first-order valence-corrected chi connectivity index (χ1v) is 7.90. The molecule has 0 aliphatic rings. The summed E-state index contributed by atoms with van der Waals surface area (Å²) in [4.78, 5) is 4.58. The molecule has 1 aromatic heterocycles. The Bertz CT molecular complexity index is 322. The molecule has 0 amide bonds. The van der Waals surface area contributed by atoms with Crippen molar-refractivity contribution in [1.29, 1.82) is 0 Å². The Morgan fingerprint density at radius 1 is 1.47 bits per heavy atom. The molecule has 1 rings (SSSR count). The summed E-state index contributed by atoms with van der Waals surface area (Å²) in [5, 5.41) is 3.45. The molecule has 0 saturated carbocycles. The lowest BCUT2D eigenvalue weighted by Crippen LogP contribution is -2.15. The monoisotopic (exact) mass is 255 g/mol. The quantitative estimate of drug-likeness (QED) is 0.718. The number of rotatable bonds is 8. The van der Waals surface area contributed by atoms with E-state index in [9.17, 15) is 0 Å². The van der Waals surface area contributed by atoms with Crippen molar-refractivity contribution in [1.82, 2.24) is 9.55 Å². The molecule has 0 aliphatic heterocycles. The molecule has 3 nitrogen and oxygen atoms in total. The van der Waals surface area contributed by atoms with Gasteiger partial charge in [0, 0.05) is 24.5 Å². The van der Waals surface area contributed by atoms with E-state index in [1.807, 2.05) is 11.8 Å². The fourth-order valence-electron chi connectivity index (χ4n) is 1.89. The Morgan fingerprint density at radius 2 is 2.24 bits per heavy atom. The number of anilines is 1. The van der Waals surface area contributed by atoms with Crippen molar-refractivity contribution in [3.8, 4) is 0 Å². The van der Waals surface area contributed by atoms with Gasteiger partial charge in [0.05, 0.1) is 5.69 Å². The molecule has 4 heteroatoms. The first kappa shape index (κ1) is 14.4. The summed E-state index contributed by atoms with van der Waals surface area (Å²) in [5.74, 6) is 2.19. The number of aryl methyl sites for hydroxylation is 1. The summed E-state index contributed by atoms with van der Waals surface area (Å²) in [6.07, 6.45) is 7.90. The molecule has 17 heavy (non-hydrogen) atoms. The van der Waals surface area contributed by atoms with E-state index in [0.29, 0.717) is 6.04 Å². The molecular weight excluding hydrogens is 230 g/mol. The van der Waals surface area contributed by atoms with Crippen LogP contribution >= 0.6 is 11.8 Å². The van der Waals surface area contributed by atoms with Gasteiger partial charge in [-0.1, -0.05) is 20.3 Å². The van der Waals surface area contributed by atoms with Gasteiger partial charge in [-0.2, -0.15) is 11.8 Å². The average Bonchev–Trinajstić information content (AvgIpc) is 2.68. The summed E-state index contributed by atoms with van der Waals surface area (Å²) >= 11 is 1.90. The van der Waals surface area contributed by atoms with Crippen LogP contribution in [0.3, 0.4) is 0 Å². The first-order chi connectivity index (χ1) is 8.22. The summed E-state index contributed by atoms with van der Waals surface area (Å²) in [6, 6.07) is 0.551. The van der Waals surface area contributed by atoms with Gasteiger partial charge in [0.1, 0.15) is 0 Å². The minimum absolute atomic E-state index is 0.551. The van der Waals surface area contributed by atoms with Crippen LogP contribution in [0.25, 0.3) is 0 Å². The fraction of sp³-hybridized carbons (Fsp3) is 0.769. The Labute approximate surface area is 109 Å². The third-order valence-corrected chi connectivity index (χ3v) is 3.61. The van der Waals surface area contributed by atoms with Crippen LogP contribution in [0.2, 0.25) is 0 Å². The number of aromatic nitrogens is 2. The molecule has 1 N–H and O–H groups in total. The van der Waals surface area contributed by atoms with E-state index in [1.165, 1.54) is 12.8 Å². The molecule has 0 aliphatic carbocycles. The van der Waals surface area contributed by atoms with Crippen LogP contribution in [-0.2, 0) is 0 Å². The van der Waals surface area contributed by atoms with Gasteiger partial charge in [-0.05, 0) is 26.0 Å². The SMILES string of the molecule is CCCCNc1nc(C)cn1C(CC)CSC.